The highest BCUT2D eigenvalue weighted by Gasteiger charge is 2.57. The van der Waals surface area contributed by atoms with Crippen LogP contribution in [0.15, 0.2) is 0 Å². The topological polar surface area (TPSA) is 95.9 Å². The summed E-state index contributed by atoms with van der Waals surface area (Å²) in [6.45, 7) is 3.60. The van der Waals surface area contributed by atoms with Gasteiger partial charge in [-0.1, -0.05) is 13.8 Å². The van der Waals surface area contributed by atoms with E-state index in [4.69, 9.17) is 0 Å². The van der Waals surface area contributed by atoms with Gasteiger partial charge in [0.1, 0.15) is 12.1 Å². The molecule has 1 heterocycles. The molecule has 7 nitrogen and oxygen atoms in total. The molecular formula is C13H20N2O5. The van der Waals surface area contributed by atoms with Crippen LogP contribution < -0.4 is 5.32 Å². The lowest BCUT2D eigenvalue weighted by atomic mass is 10.0. The van der Waals surface area contributed by atoms with Crippen molar-refractivity contribution in [2.45, 2.75) is 44.8 Å². The number of nitrogens with zero attached hydrogens (tertiary/aromatic N) is 1. The predicted octanol–water partition coefficient (Wildman–Crippen LogP) is 0.441. The molecule has 2 fully saturated rings. The molecule has 112 valence electrons. The van der Waals surface area contributed by atoms with Crippen LogP contribution in [0.5, 0.6) is 0 Å². The van der Waals surface area contributed by atoms with E-state index < -0.39 is 24.1 Å². The number of piperidine rings is 1. The Hall–Kier alpha value is -1.79. The number of ether oxygens (including phenoxy) is 1. The minimum atomic E-state index is -0.980. The smallest absolute Gasteiger partial charge is 0.407 e. The normalized spacial score (nSPS) is 28.8. The van der Waals surface area contributed by atoms with E-state index in [2.05, 4.69) is 10.1 Å². The van der Waals surface area contributed by atoms with E-state index in [1.807, 2.05) is 0 Å². The Kier molecular flexibility index (Phi) is 3.87. The number of likely N-dealkylation sites (tertiary alicyclic amines) is 1. The molecule has 0 radical (unpaired) electrons. The Bertz CT molecular complexity index is 436. The Morgan fingerprint density at radius 3 is 2.45 bits per heavy atom. The second-order valence-corrected chi connectivity index (χ2v) is 5.76. The van der Waals surface area contributed by atoms with Gasteiger partial charge in [-0.2, -0.15) is 0 Å². The molecule has 0 aromatic rings. The van der Waals surface area contributed by atoms with Crippen LogP contribution in [-0.4, -0.2) is 53.2 Å². The summed E-state index contributed by atoms with van der Waals surface area (Å²) in [5.74, 6) is -1.16. The fourth-order valence-corrected chi connectivity index (χ4v) is 2.85. The number of methoxy groups -OCH3 is 1. The maximum Gasteiger partial charge on any atom is 0.407 e. The Labute approximate surface area is 117 Å². The van der Waals surface area contributed by atoms with Crippen LogP contribution in [0.1, 0.15) is 26.7 Å². The van der Waals surface area contributed by atoms with E-state index in [0.717, 1.165) is 6.42 Å². The number of carboxylic acids is 1. The first-order valence-corrected chi connectivity index (χ1v) is 6.76. The van der Waals surface area contributed by atoms with Gasteiger partial charge >= 0.3 is 12.1 Å². The van der Waals surface area contributed by atoms with E-state index in [-0.39, 0.29) is 17.9 Å². The van der Waals surface area contributed by atoms with Crippen LogP contribution in [0.25, 0.3) is 0 Å². The molecule has 1 saturated heterocycles. The van der Waals surface area contributed by atoms with Crippen molar-refractivity contribution >= 4 is 18.0 Å². The summed E-state index contributed by atoms with van der Waals surface area (Å²) in [5, 5.41) is 11.7. The molecular weight excluding hydrogens is 264 g/mol. The van der Waals surface area contributed by atoms with Crippen LogP contribution in [0.3, 0.4) is 0 Å². The van der Waals surface area contributed by atoms with Gasteiger partial charge in [-0.3, -0.25) is 4.79 Å². The highest BCUT2D eigenvalue weighted by Crippen LogP contribution is 2.48. The fourth-order valence-electron chi connectivity index (χ4n) is 2.85. The van der Waals surface area contributed by atoms with Gasteiger partial charge in [0.15, 0.2) is 0 Å². The van der Waals surface area contributed by atoms with Gasteiger partial charge in [-0.05, 0) is 24.7 Å². The largest absolute Gasteiger partial charge is 0.480 e. The Morgan fingerprint density at radius 2 is 1.95 bits per heavy atom. The minimum Gasteiger partial charge on any atom is -0.480 e. The molecule has 7 heteroatoms. The van der Waals surface area contributed by atoms with Crippen LogP contribution in [0.2, 0.25) is 0 Å². The van der Waals surface area contributed by atoms with Crippen molar-refractivity contribution < 1.29 is 24.2 Å². The molecule has 0 aromatic carbocycles. The summed E-state index contributed by atoms with van der Waals surface area (Å²) in [4.78, 5) is 36.6. The first kappa shape index (κ1) is 14.6. The second kappa shape index (κ2) is 5.30. The highest BCUT2D eigenvalue weighted by atomic mass is 16.5. The molecule has 2 aliphatic rings. The maximum atomic E-state index is 12.6. The zero-order chi connectivity index (χ0) is 15.0. The lowest BCUT2D eigenvalue weighted by Gasteiger charge is -2.30. The predicted molar refractivity (Wildman–Crippen MR) is 68.9 cm³/mol. The number of fused-ring (bicyclic) bond motifs is 1. The van der Waals surface area contributed by atoms with Crippen LogP contribution >= 0.6 is 0 Å². The van der Waals surface area contributed by atoms with Gasteiger partial charge in [0.2, 0.25) is 5.91 Å². The lowest BCUT2D eigenvalue weighted by Crippen LogP contribution is -2.54. The van der Waals surface area contributed by atoms with Gasteiger partial charge < -0.3 is 20.1 Å². The molecule has 4 atom stereocenters. The third-order valence-electron chi connectivity index (χ3n) is 4.04. The number of nitrogens with one attached hydrogen (secondary N) is 1. The number of hydrogen-bond acceptors (Lipinski definition) is 4. The van der Waals surface area contributed by atoms with Crippen molar-refractivity contribution in [2.75, 3.05) is 7.11 Å². The molecule has 0 aromatic heterocycles. The van der Waals surface area contributed by atoms with Crippen molar-refractivity contribution in [3.05, 3.63) is 0 Å². The van der Waals surface area contributed by atoms with Crippen molar-refractivity contribution in [1.82, 2.24) is 10.2 Å². The first-order chi connectivity index (χ1) is 9.36. The maximum absolute atomic E-state index is 12.6. The minimum absolute atomic E-state index is 0.0179. The molecule has 0 bridgehead atoms. The fraction of sp³-hybridized carbons (Fsp3) is 0.769. The monoisotopic (exact) mass is 284 g/mol. The molecule has 0 unspecified atom stereocenters. The van der Waals surface area contributed by atoms with Crippen molar-refractivity contribution in [1.29, 1.82) is 0 Å². The SMILES string of the molecule is COC(=O)N[C@H](C(=O)N1[C@@H]2C[C@@H]2C[C@H]1C(=O)O)C(C)C. The Morgan fingerprint density at radius 1 is 1.30 bits per heavy atom. The molecule has 2 N–H and O–H groups in total. The summed E-state index contributed by atoms with van der Waals surface area (Å²) >= 11 is 0. The molecule has 1 saturated carbocycles. The van der Waals surface area contributed by atoms with Crippen LogP contribution in [0, 0.1) is 11.8 Å². The van der Waals surface area contributed by atoms with Crippen molar-refractivity contribution in [2.24, 2.45) is 11.8 Å². The van der Waals surface area contributed by atoms with Gasteiger partial charge in [0.05, 0.1) is 7.11 Å². The summed E-state index contributed by atoms with van der Waals surface area (Å²) < 4.78 is 4.52. The average molecular weight is 284 g/mol. The number of amides is 2. The number of aliphatic carboxylic acids is 1. The molecule has 2 rings (SSSR count). The standard InChI is InChI=1S/C13H20N2O5/c1-6(2)10(14-13(19)20-3)11(16)15-8-4-7(8)5-9(15)12(17)18/h6-10H,4-5H2,1-3H3,(H,14,19)(H,17,18)/t7-,8-,9+,10+/m1/s1. The molecule has 1 aliphatic heterocycles. The average Bonchev–Trinajstić information content (AvgIpc) is 3.05. The van der Waals surface area contributed by atoms with Gasteiger partial charge in [0.25, 0.3) is 0 Å². The van der Waals surface area contributed by atoms with Crippen molar-refractivity contribution in [3.8, 4) is 0 Å². The zero-order valence-electron chi connectivity index (χ0n) is 11.8. The molecule has 1 aliphatic carbocycles. The van der Waals surface area contributed by atoms with Crippen LogP contribution in [0.4, 0.5) is 4.79 Å². The third-order valence-corrected chi connectivity index (χ3v) is 4.04. The summed E-state index contributed by atoms with van der Waals surface area (Å²) in [6, 6.07) is -1.51. The first-order valence-electron chi connectivity index (χ1n) is 6.76. The zero-order valence-corrected chi connectivity index (χ0v) is 11.8. The molecule has 20 heavy (non-hydrogen) atoms. The second-order valence-electron chi connectivity index (χ2n) is 5.76. The summed E-state index contributed by atoms with van der Waals surface area (Å²) in [7, 11) is 1.23. The number of carbonyl (C=O) groups excluding carboxylic acids is 2. The number of rotatable bonds is 4. The molecule has 2 amide bonds. The summed E-state index contributed by atoms with van der Waals surface area (Å²) in [6.07, 6.45) is 0.684. The summed E-state index contributed by atoms with van der Waals surface area (Å²) in [5.41, 5.74) is 0. The quantitative estimate of drug-likeness (QED) is 0.781. The third kappa shape index (κ3) is 2.57. The van der Waals surface area contributed by atoms with E-state index in [9.17, 15) is 19.5 Å². The van der Waals surface area contributed by atoms with E-state index in [0.29, 0.717) is 12.3 Å². The highest BCUT2D eigenvalue weighted by molar-refractivity contribution is 5.90. The van der Waals surface area contributed by atoms with E-state index in [1.54, 1.807) is 13.8 Å². The van der Waals surface area contributed by atoms with E-state index in [1.165, 1.54) is 12.0 Å². The lowest BCUT2D eigenvalue weighted by molar-refractivity contribution is -0.150. The van der Waals surface area contributed by atoms with Crippen LogP contribution in [-0.2, 0) is 14.3 Å². The Balaban J connectivity index is 2.14. The van der Waals surface area contributed by atoms with Gasteiger partial charge in [0, 0.05) is 6.04 Å². The number of hydrogen-bond donors (Lipinski definition) is 2. The number of carbonyl (C=O) groups is 3. The van der Waals surface area contributed by atoms with Crippen molar-refractivity contribution in [3.63, 3.8) is 0 Å². The number of carboxylic acid groups (broad SMARTS) is 1. The molecule has 0 spiro atoms. The van der Waals surface area contributed by atoms with Gasteiger partial charge in [-0.25, -0.2) is 9.59 Å². The number of alkyl carbamates (subject to hydrolysis) is 1. The van der Waals surface area contributed by atoms with Gasteiger partial charge in [-0.15, -0.1) is 0 Å². The van der Waals surface area contributed by atoms with E-state index >= 15 is 0 Å².